The molecular formula is C10H22O. The Kier molecular flexibility index (Phi) is 11.4. The van der Waals surface area contributed by atoms with Gasteiger partial charge in [0.1, 0.15) is 0 Å². The second kappa shape index (κ2) is 9.54. The van der Waals surface area contributed by atoms with Crippen LogP contribution < -0.4 is 0 Å². The smallest absolute Gasteiger partial charge is 0.0917 e. The maximum absolute atomic E-state index is 5.27. The van der Waals surface area contributed by atoms with Gasteiger partial charge in [0, 0.05) is 0 Å². The van der Waals surface area contributed by atoms with Crippen molar-refractivity contribution in [3.63, 3.8) is 0 Å². The summed E-state index contributed by atoms with van der Waals surface area (Å²) in [5.41, 5.74) is 1.34. The van der Waals surface area contributed by atoms with Gasteiger partial charge in [-0.3, -0.25) is 0 Å². The molecular weight excluding hydrogens is 136 g/mol. The van der Waals surface area contributed by atoms with Gasteiger partial charge in [0.2, 0.25) is 0 Å². The molecule has 0 aromatic rings. The summed E-state index contributed by atoms with van der Waals surface area (Å²) in [7, 11) is 0. The Morgan fingerprint density at radius 3 is 1.82 bits per heavy atom. The summed E-state index contributed by atoms with van der Waals surface area (Å²) < 4.78 is 5.27. The van der Waals surface area contributed by atoms with Crippen LogP contribution >= 0.6 is 0 Å². The largest absolute Gasteiger partial charge is 0.499 e. The molecule has 1 nitrogen and oxygen atoms in total. The molecule has 0 spiro atoms. The molecule has 68 valence electrons. The van der Waals surface area contributed by atoms with Crippen LogP contribution in [0, 0.1) is 0 Å². The Morgan fingerprint density at radius 2 is 1.55 bits per heavy atom. The second-order valence-corrected chi connectivity index (χ2v) is 2.12. The van der Waals surface area contributed by atoms with E-state index in [1.54, 1.807) is 0 Å². The summed E-state index contributed by atoms with van der Waals surface area (Å²) in [6.45, 7) is 13.0. The lowest BCUT2D eigenvalue weighted by Crippen LogP contribution is -1.89. The number of allylic oxidation sites excluding steroid dienone is 2. The Morgan fingerprint density at radius 1 is 1.09 bits per heavy atom. The third-order valence-electron chi connectivity index (χ3n) is 1.49. The number of hydrogen-bond donors (Lipinski definition) is 0. The maximum Gasteiger partial charge on any atom is 0.0917 e. The van der Waals surface area contributed by atoms with Crippen LogP contribution in [0.3, 0.4) is 0 Å². The minimum Gasteiger partial charge on any atom is -0.499 e. The fraction of sp³-hybridized carbons (Fsp3) is 0.800. The van der Waals surface area contributed by atoms with Crippen LogP contribution in [0.1, 0.15) is 48.0 Å². The van der Waals surface area contributed by atoms with Gasteiger partial charge in [-0.05, 0) is 32.8 Å². The topological polar surface area (TPSA) is 9.23 Å². The summed E-state index contributed by atoms with van der Waals surface area (Å²) in [6.07, 6.45) is 1.09. The lowest BCUT2D eigenvalue weighted by Gasteiger charge is -2.05. The van der Waals surface area contributed by atoms with Gasteiger partial charge in [0.25, 0.3) is 0 Å². The zero-order chi connectivity index (χ0) is 9.28. The van der Waals surface area contributed by atoms with Crippen molar-refractivity contribution in [1.82, 2.24) is 0 Å². The first kappa shape index (κ1) is 13.2. The van der Waals surface area contributed by atoms with Gasteiger partial charge >= 0.3 is 0 Å². The van der Waals surface area contributed by atoms with Crippen molar-refractivity contribution in [1.29, 1.82) is 0 Å². The average molecular weight is 158 g/mol. The summed E-state index contributed by atoms with van der Waals surface area (Å²) in [4.78, 5) is 0. The minimum absolute atomic E-state index is 0.781. The molecule has 0 aromatic carbocycles. The van der Waals surface area contributed by atoms with E-state index >= 15 is 0 Å². The summed E-state index contributed by atoms with van der Waals surface area (Å²) >= 11 is 0. The van der Waals surface area contributed by atoms with Gasteiger partial charge in [-0.25, -0.2) is 0 Å². The lowest BCUT2D eigenvalue weighted by atomic mass is 10.2. The third kappa shape index (κ3) is 7.44. The summed E-state index contributed by atoms with van der Waals surface area (Å²) in [6, 6.07) is 0. The van der Waals surface area contributed by atoms with Crippen molar-refractivity contribution >= 4 is 0 Å². The van der Waals surface area contributed by atoms with Crippen molar-refractivity contribution in [3.8, 4) is 0 Å². The first-order valence-electron chi connectivity index (χ1n) is 4.51. The van der Waals surface area contributed by atoms with E-state index in [1.165, 1.54) is 5.57 Å². The molecule has 0 N–H and O–H groups in total. The molecule has 1 heteroatoms. The van der Waals surface area contributed by atoms with E-state index in [9.17, 15) is 0 Å². The standard InChI is InChI=1S/C8H16O.C2H6/c1-5-7(3)8(4)9-6-2;1-2/h5-6H2,1-4H3;1-2H3/b8-7-;. The molecule has 0 unspecified atom stereocenters. The minimum atomic E-state index is 0.781. The van der Waals surface area contributed by atoms with Crippen molar-refractivity contribution in [2.75, 3.05) is 6.61 Å². The lowest BCUT2D eigenvalue weighted by molar-refractivity contribution is 0.227. The van der Waals surface area contributed by atoms with Gasteiger partial charge in [0.15, 0.2) is 0 Å². The molecule has 0 atom stereocenters. The molecule has 0 saturated carbocycles. The van der Waals surface area contributed by atoms with E-state index < -0.39 is 0 Å². The van der Waals surface area contributed by atoms with E-state index in [-0.39, 0.29) is 0 Å². The normalized spacial score (nSPS) is 11.1. The third-order valence-corrected chi connectivity index (χ3v) is 1.49. The highest BCUT2D eigenvalue weighted by atomic mass is 16.5. The van der Waals surface area contributed by atoms with Crippen LogP contribution in [-0.2, 0) is 4.74 Å². The van der Waals surface area contributed by atoms with Crippen molar-refractivity contribution in [3.05, 3.63) is 11.3 Å². The highest BCUT2D eigenvalue weighted by molar-refractivity contribution is 5.01. The summed E-state index contributed by atoms with van der Waals surface area (Å²) in [5, 5.41) is 0. The van der Waals surface area contributed by atoms with Crippen LogP contribution in [0.2, 0.25) is 0 Å². The summed E-state index contributed by atoms with van der Waals surface area (Å²) in [5.74, 6) is 1.08. The number of rotatable bonds is 3. The molecule has 0 bridgehead atoms. The zero-order valence-corrected chi connectivity index (χ0v) is 8.82. The van der Waals surface area contributed by atoms with E-state index in [0.717, 1.165) is 18.8 Å². The Bertz CT molecular complexity index is 103. The van der Waals surface area contributed by atoms with Gasteiger partial charge < -0.3 is 4.74 Å². The van der Waals surface area contributed by atoms with Crippen LogP contribution in [0.5, 0.6) is 0 Å². The molecule has 0 saturated heterocycles. The maximum atomic E-state index is 5.27. The molecule has 0 aliphatic heterocycles. The molecule has 0 radical (unpaired) electrons. The Balaban J connectivity index is 0. The first-order valence-corrected chi connectivity index (χ1v) is 4.51. The quantitative estimate of drug-likeness (QED) is 0.568. The molecule has 0 amide bonds. The van der Waals surface area contributed by atoms with E-state index in [2.05, 4.69) is 13.8 Å². The van der Waals surface area contributed by atoms with Gasteiger partial charge in [-0.1, -0.05) is 20.8 Å². The molecule has 0 aliphatic rings. The van der Waals surface area contributed by atoms with Gasteiger partial charge in [-0.15, -0.1) is 0 Å². The Labute approximate surface area is 71.5 Å². The second-order valence-electron chi connectivity index (χ2n) is 2.12. The van der Waals surface area contributed by atoms with Crippen molar-refractivity contribution in [2.24, 2.45) is 0 Å². The monoisotopic (exact) mass is 158 g/mol. The SMILES string of the molecule is CC.CCO/C(C)=C(/C)CC. The Hall–Kier alpha value is -0.460. The number of ether oxygens (including phenoxy) is 1. The average Bonchev–Trinajstić information content (AvgIpc) is 2.07. The van der Waals surface area contributed by atoms with Gasteiger partial charge in [0.05, 0.1) is 12.4 Å². The fourth-order valence-corrected chi connectivity index (χ4v) is 0.589. The molecule has 0 rings (SSSR count). The predicted molar refractivity (Wildman–Crippen MR) is 51.6 cm³/mol. The van der Waals surface area contributed by atoms with Crippen LogP contribution in [0.25, 0.3) is 0 Å². The molecule has 0 aromatic heterocycles. The van der Waals surface area contributed by atoms with Crippen LogP contribution in [0.15, 0.2) is 11.3 Å². The van der Waals surface area contributed by atoms with Crippen molar-refractivity contribution in [2.45, 2.75) is 48.0 Å². The van der Waals surface area contributed by atoms with E-state index in [4.69, 9.17) is 4.74 Å². The zero-order valence-electron chi connectivity index (χ0n) is 8.82. The molecule has 0 heterocycles. The fourth-order valence-electron chi connectivity index (χ4n) is 0.589. The highest BCUT2D eigenvalue weighted by Gasteiger charge is 1.91. The molecule has 0 aliphatic carbocycles. The van der Waals surface area contributed by atoms with Gasteiger partial charge in [-0.2, -0.15) is 0 Å². The first-order chi connectivity index (χ1) is 5.22. The molecule has 11 heavy (non-hydrogen) atoms. The van der Waals surface area contributed by atoms with Crippen LogP contribution in [-0.4, -0.2) is 6.61 Å². The predicted octanol–water partition coefficient (Wildman–Crippen LogP) is 3.75. The van der Waals surface area contributed by atoms with E-state index in [1.807, 2.05) is 27.7 Å². The van der Waals surface area contributed by atoms with E-state index in [0.29, 0.717) is 0 Å². The number of hydrogen-bond acceptors (Lipinski definition) is 1. The highest BCUT2D eigenvalue weighted by Crippen LogP contribution is 2.07. The van der Waals surface area contributed by atoms with Crippen LogP contribution in [0.4, 0.5) is 0 Å². The van der Waals surface area contributed by atoms with Crippen molar-refractivity contribution < 1.29 is 4.74 Å². The molecule has 0 fully saturated rings.